The maximum Gasteiger partial charge on any atom is 0.256 e. The van der Waals surface area contributed by atoms with Crippen LogP contribution in [0, 0.1) is 11.2 Å². The number of halogens is 1. The molecule has 2 N–H and O–H groups in total. The van der Waals surface area contributed by atoms with Crippen molar-refractivity contribution in [3.05, 3.63) is 59.9 Å². The number of aromatic nitrogens is 3. The molecule has 170 valence electrons. The van der Waals surface area contributed by atoms with Gasteiger partial charge in [-0.3, -0.25) is 4.79 Å². The molecule has 0 saturated carbocycles. The Bertz CT molecular complexity index is 1180. The van der Waals surface area contributed by atoms with Gasteiger partial charge in [0.2, 0.25) is 0 Å². The molecule has 8 heteroatoms. The van der Waals surface area contributed by atoms with E-state index in [1.807, 2.05) is 13.0 Å². The topological polar surface area (TPSA) is 94.2 Å². The summed E-state index contributed by atoms with van der Waals surface area (Å²) in [6.07, 6.45) is 5.63. The number of rotatable bonds is 4. The van der Waals surface area contributed by atoms with Gasteiger partial charge >= 0.3 is 0 Å². The van der Waals surface area contributed by atoms with Crippen LogP contribution in [0.2, 0.25) is 0 Å². The summed E-state index contributed by atoms with van der Waals surface area (Å²) in [4.78, 5) is 27.8. The van der Waals surface area contributed by atoms with Gasteiger partial charge in [0.25, 0.3) is 5.91 Å². The van der Waals surface area contributed by atoms with Crippen molar-refractivity contribution < 1.29 is 13.9 Å². The van der Waals surface area contributed by atoms with Crippen molar-refractivity contribution in [2.45, 2.75) is 26.2 Å². The van der Waals surface area contributed by atoms with Gasteiger partial charge in [-0.1, -0.05) is 13.0 Å². The van der Waals surface area contributed by atoms with E-state index in [1.165, 1.54) is 12.4 Å². The van der Waals surface area contributed by atoms with Crippen molar-refractivity contribution in [3.63, 3.8) is 0 Å². The van der Waals surface area contributed by atoms with E-state index in [-0.39, 0.29) is 16.9 Å². The van der Waals surface area contributed by atoms with Crippen molar-refractivity contribution in [2.24, 2.45) is 5.41 Å². The average Bonchev–Trinajstić information content (AvgIpc) is 2.82. The van der Waals surface area contributed by atoms with Crippen LogP contribution in [0.5, 0.6) is 0 Å². The zero-order valence-corrected chi connectivity index (χ0v) is 18.6. The molecule has 1 amide bonds. The van der Waals surface area contributed by atoms with Gasteiger partial charge < -0.3 is 15.4 Å². The fourth-order valence-corrected chi connectivity index (χ4v) is 4.64. The van der Waals surface area contributed by atoms with Crippen LogP contribution in [0.3, 0.4) is 0 Å². The summed E-state index contributed by atoms with van der Waals surface area (Å²) < 4.78 is 20.6. The van der Waals surface area contributed by atoms with Crippen LogP contribution in [-0.2, 0) is 11.2 Å². The number of pyridine rings is 1. The van der Waals surface area contributed by atoms with Gasteiger partial charge in [-0.2, -0.15) is 0 Å². The SMILES string of the molecule is CCc1ncnc(-c2ccc(C(=O)N3CCC4(CC3)COC4)c(F)c2)c1-c1ccc(N)nc1. The van der Waals surface area contributed by atoms with Crippen LogP contribution in [0.15, 0.2) is 42.9 Å². The van der Waals surface area contributed by atoms with Crippen LogP contribution in [0.25, 0.3) is 22.4 Å². The van der Waals surface area contributed by atoms with E-state index in [0.717, 1.165) is 42.9 Å². The highest BCUT2D eigenvalue weighted by atomic mass is 19.1. The van der Waals surface area contributed by atoms with E-state index in [9.17, 15) is 4.79 Å². The highest BCUT2D eigenvalue weighted by molar-refractivity contribution is 5.95. The van der Waals surface area contributed by atoms with Crippen LogP contribution >= 0.6 is 0 Å². The zero-order valence-electron chi connectivity index (χ0n) is 18.6. The standard InChI is InChI=1S/C25H26FN5O2/c1-2-20-22(17-4-6-21(27)28-12-17)23(30-15-29-20)16-3-5-18(19(26)11-16)24(32)31-9-7-25(8-10-31)13-33-14-25/h3-6,11-12,15H,2,7-10,13-14H2,1H3,(H2,27,28). The molecule has 2 aliphatic heterocycles. The molecule has 2 aliphatic rings. The molecule has 0 unspecified atom stereocenters. The molecule has 1 spiro atoms. The van der Waals surface area contributed by atoms with Gasteiger partial charge in [0.05, 0.1) is 30.2 Å². The highest BCUT2D eigenvalue weighted by Crippen LogP contribution is 2.39. The number of carbonyl (C=O) groups excluding carboxylic acids is 1. The van der Waals surface area contributed by atoms with Crippen molar-refractivity contribution in [3.8, 4) is 22.4 Å². The minimum Gasteiger partial charge on any atom is -0.384 e. The van der Waals surface area contributed by atoms with Crippen molar-refractivity contribution in [2.75, 3.05) is 32.0 Å². The lowest BCUT2D eigenvalue weighted by molar-refractivity contribution is -0.136. The monoisotopic (exact) mass is 447 g/mol. The third-order valence-electron chi connectivity index (χ3n) is 6.74. The van der Waals surface area contributed by atoms with Gasteiger partial charge in [0.15, 0.2) is 0 Å². The number of nitrogens with two attached hydrogens (primary N) is 1. The highest BCUT2D eigenvalue weighted by Gasteiger charge is 2.42. The van der Waals surface area contributed by atoms with Crippen molar-refractivity contribution >= 4 is 11.7 Å². The summed E-state index contributed by atoms with van der Waals surface area (Å²) in [5.41, 5.74) is 9.64. The Morgan fingerprint density at radius 3 is 2.48 bits per heavy atom. The van der Waals surface area contributed by atoms with Crippen LogP contribution in [0.1, 0.15) is 35.8 Å². The van der Waals surface area contributed by atoms with Gasteiger partial charge in [-0.05, 0) is 43.5 Å². The first-order valence-electron chi connectivity index (χ1n) is 11.2. The Balaban J connectivity index is 1.45. The number of likely N-dealkylation sites (tertiary alicyclic amines) is 1. The number of aryl methyl sites for hydroxylation is 1. The van der Waals surface area contributed by atoms with Gasteiger partial charge in [-0.25, -0.2) is 19.3 Å². The first-order chi connectivity index (χ1) is 16.0. The number of piperidine rings is 1. The average molecular weight is 448 g/mol. The molecule has 0 bridgehead atoms. The number of nitrogen functional groups attached to an aromatic ring is 1. The number of carbonyl (C=O) groups is 1. The van der Waals surface area contributed by atoms with E-state index in [1.54, 1.807) is 29.3 Å². The lowest BCUT2D eigenvalue weighted by Gasteiger charge is -2.47. The third-order valence-corrected chi connectivity index (χ3v) is 6.74. The number of ether oxygens (including phenoxy) is 1. The van der Waals surface area contributed by atoms with Gasteiger partial charge in [-0.15, -0.1) is 0 Å². The third kappa shape index (κ3) is 3.95. The zero-order chi connectivity index (χ0) is 23.0. The molecule has 2 saturated heterocycles. The molecule has 33 heavy (non-hydrogen) atoms. The summed E-state index contributed by atoms with van der Waals surface area (Å²) in [7, 11) is 0. The molecule has 4 heterocycles. The number of benzene rings is 1. The normalized spacial score (nSPS) is 17.1. The van der Waals surface area contributed by atoms with E-state index in [0.29, 0.717) is 36.6 Å². The quantitative estimate of drug-likeness (QED) is 0.655. The summed E-state index contributed by atoms with van der Waals surface area (Å²) >= 11 is 0. The predicted octanol–water partition coefficient (Wildman–Crippen LogP) is 3.74. The number of amides is 1. The first-order valence-corrected chi connectivity index (χ1v) is 11.2. The molecule has 7 nitrogen and oxygen atoms in total. The molecule has 2 aromatic heterocycles. The van der Waals surface area contributed by atoms with Crippen LogP contribution in [-0.4, -0.2) is 52.1 Å². The second-order valence-corrected chi connectivity index (χ2v) is 8.85. The smallest absolute Gasteiger partial charge is 0.256 e. The Kier molecular flexibility index (Phi) is 5.54. The predicted molar refractivity (Wildman–Crippen MR) is 123 cm³/mol. The molecular weight excluding hydrogens is 421 g/mol. The molecule has 0 radical (unpaired) electrons. The lowest BCUT2D eigenvalue weighted by Crippen LogP contribution is -2.52. The maximum absolute atomic E-state index is 15.2. The first kappa shape index (κ1) is 21.5. The van der Waals surface area contributed by atoms with Crippen LogP contribution in [0.4, 0.5) is 10.2 Å². The molecule has 0 atom stereocenters. The van der Waals surface area contributed by atoms with Crippen LogP contribution < -0.4 is 5.73 Å². The molecule has 3 aromatic rings. The van der Waals surface area contributed by atoms with E-state index < -0.39 is 5.82 Å². The molecular formula is C25H26FN5O2. The van der Waals surface area contributed by atoms with E-state index >= 15 is 4.39 Å². The van der Waals surface area contributed by atoms with Crippen molar-refractivity contribution in [1.82, 2.24) is 19.9 Å². The fourth-order valence-electron chi connectivity index (χ4n) is 4.64. The minimum atomic E-state index is -0.553. The minimum absolute atomic E-state index is 0.0834. The number of hydrogen-bond acceptors (Lipinski definition) is 6. The second-order valence-electron chi connectivity index (χ2n) is 8.85. The Labute approximate surface area is 191 Å². The largest absolute Gasteiger partial charge is 0.384 e. The van der Waals surface area contributed by atoms with Gasteiger partial charge in [0, 0.05) is 41.4 Å². The lowest BCUT2D eigenvalue weighted by atomic mass is 9.77. The Hall–Kier alpha value is -3.39. The Morgan fingerprint density at radius 2 is 1.88 bits per heavy atom. The molecule has 2 fully saturated rings. The molecule has 0 aliphatic carbocycles. The van der Waals surface area contributed by atoms with E-state index in [4.69, 9.17) is 10.5 Å². The summed E-state index contributed by atoms with van der Waals surface area (Å²) in [5.74, 6) is -0.408. The van der Waals surface area contributed by atoms with E-state index in [2.05, 4.69) is 15.0 Å². The summed E-state index contributed by atoms with van der Waals surface area (Å²) in [6, 6.07) is 8.26. The number of hydrogen-bond donors (Lipinski definition) is 1. The second kappa shape index (κ2) is 8.51. The summed E-state index contributed by atoms with van der Waals surface area (Å²) in [6.45, 7) is 4.79. The summed E-state index contributed by atoms with van der Waals surface area (Å²) in [5, 5.41) is 0. The van der Waals surface area contributed by atoms with Gasteiger partial charge in [0.1, 0.15) is 18.0 Å². The number of nitrogens with zero attached hydrogens (tertiary/aromatic N) is 4. The fraction of sp³-hybridized carbons (Fsp3) is 0.360. The van der Waals surface area contributed by atoms with Crippen molar-refractivity contribution in [1.29, 1.82) is 0 Å². The maximum atomic E-state index is 15.2. The molecule has 1 aromatic carbocycles. The Morgan fingerprint density at radius 1 is 1.12 bits per heavy atom. The number of anilines is 1. The molecule has 5 rings (SSSR count).